The fourth-order valence-corrected chi connectivity index (χ4v) is 3.95. The zero-order chi connectivity index (χ0) is 18.4. The molecule has 0 bridgehead atoms. The average molecular weight is 358 g/mol. The maximum Gasteiger partial charge on any atom is 0.205 e. The third-order valence-electron chi connectivity index (χ3n) is 5.29. The van der Waals surface area contributed by atoms with Gasteiger partial charge in [0.1, 0.15) is 17.6 Å². The maximum absolute atomic E-state index is 13.5. The van der Waals surface area contributed by atoms with Crippen molar-refractivity contribution in [2.24, 2.45) is 0 Å². The molecular formula is C23H18O4. The predicted molar refractivity (Wildman–Crippen MR) is 100 cm³/mol. The summed E-state index contributed by atoms with van der Waals surface area (Å²) in [6, 6.07) is 24.7. The van der Waals surface area contributed by atoms with Crippen LogP contribution in [0.5, 0.6) is 11.5 Å². The van der Waals surface area contributed by atoms with Gasteiger partial charge in [0, 0.05) is 5.56 Å². The molecular weight excluding hydrogens is 340 g/mol. The van der Waals surface area contributed by atoms with Gasteiger partial charge in [0.05, 0.1) is 12.7 Å². The highest BCUT2D eigenvalue weighted by Gasteiger charge is 2.71. The van der Waals surface area contributed by atoms with Gasteiger partial charge in [0.15, 0.2) is 6.10 Å². The maximum atomic E-state index is 13.5. The van der Waals surface area contributed by atoms with Gasteiger partial charge in [-0.1, -0.05) is 60.7 Å². The van der Waals surface area contributed by atoms with Crippen LogP contribution in [0.15, 0.2) is 78.9 Å². The number of epoxide rings is 1. The van der Waals surface area contributed by atoms with Crippen molar-refractivity contribution in [3.05, 3.63) is 95.6 Å². The van der Waals surface area contributed by atoms with Crippen molar-refractivity contribution in [3.63, 3.8) is 0 Å². The lowest BCUT2D eigenvalue weighted by Crippen LogP contribution is -2.40. The van der Waals surface area contributed by atoms with Crippen LogP contribution in [0.4, 0.5) is 0 Å². The van der Waals surface area contributed by atoms with Crippen molar-refractivity contribution >= 4 is 5.78 Å². The summed E-state index contributed by atoms with van der Waals surface area (Å²) in [5, 5.41) is 0. The molecule has 1 spiro atoms. The molecule has 134 valence electrons. The van der Waals surface area contributed by atoms with Crippen LogP contribution < -0.4 is 9.47 Å². The van der Waals surface area contributed by atoms with E-state index < -0.39 is 17.8 Å². The molecule has 0 aromatic heterocycles. The van der Waals surface area contributed by atoms with E-state index in [0.29, 0.717) is 17.1 Å². The Hall–Kier alpha value is -3.11. The molecule has 4 heteroatoms. The molecule has 0 saturated carbocycles. The molecule has 2 aliphatic rings. The van der Waals surface area contributed by atoms with Crippen molar-refractivity contribution in [3.8, 4) is 11.5 Å². The van der Waals surface area contributed by atoms with E-state index in [9.17, 15) is 4.79 Å². The van der Waals surface area contributed by atoms with Crippen molar-refractivity contribution < 1.29 is 19.0 Å². The third-order valence-corrected chi connectivity index (χ3v) is 5.29. The van der Waals surface area contributed by atoms with Gasteiger partial charge >= 0.3 is 0 Å². The van der Waals surface area contributed by atoms with E-state index in [1.165, 1.54) is 0 Å². The first kappa shape index (κ1) is 16.1. The van der Waals surface area contributed by atoms with Crippen LogP contribution in [0.1, 0.15) is 33.7 Å². The number of para-hydroxylation sites is 2. The lowest BCUT2D eigenvalue weighted by molar-refractivity contribution is 0.0523. The Morgan fingerprint density at radius 3 is 2.37 bits per heavy atom. The highest BCUT2D eigenvalue weighted by molar-refractivity contribution is 6.08. The quantitative estimate of drug-likeness (QED) is 0.646. The van der Waals surface area contributed by atoms with Crippen molar-refractivity contribution in [1.29, 1.82) is 0 Å². The van der Waals surface area contributed by atoms with E-state index >= 15 is 0 Å². The van der Waals surface area contributed by atoms with E-state index in [1.54, 1.807) is 13.2 Å². The normalized spacial score (nSPS) is 25.6. The summed E-state index contributed by atoms with van der Waals surface area (Å²) in [6.45, 7) is 0. The molecule has 1 unspecified atom stereocenters. The molecule has 3 atom stereocenters. The molecule has 0 aliphatic carbocycles. The lowest BCUT2D eigenvalue weighted by atomic mass is 9.81. The number of carbonyl (C=O) groups is 1. The Morgan fingerprint density at radius 2 is 1.56 bits per heavy atom. The number of ether oxygens (including phenoxy) is 3. The Kier molecular flexibility index (Phi) is 3.55. The zero-order valence-electron chi connectivity index (χ0n) is 14.8. The SMILES string of the molecule is COc1ccccc1C1O[C@@]12C(=O)c1ccccc1O[C@@H]2c1ccccc1. The van der Waals surface area contributed by atoms with Gasteiger partial charge in [-0.2, -0.15) is 0 Å². The van der Waals surface area contributed by atoms with E-state index in [2.05, 4.69) is 0 Å². The van der Waals surface area contributed by atoms with Crippen LogP contribution in [0, 0.1) is 0 Å². The first-order valence-electron chi connectivity index (χ1n) is 8.92. The van der Waals surface area contributed by atoms with E-state index in [-0.39, 0.29) is 5.78 Å². The summed E-state index contributed by atoms with van der Waals surface area (Å²) in [5.74, 6) is 1.25. The number of hydrogen-bond donors (Lipinski definition) is 0. The average Bonchev–Trinajstić information content (AvgIpc) is 3.47. The van der Waals surface area contributed by atoms with Gasteiger partial charge in [-0.3, -0.25) is 4.79 Å². The molecule has 1 saturated heterocycles. The summed E-state index contributed by atoms with van der Waals surface area (Å²) in [4.78, 5) is 13.5. The zero-order valence-corrected chi connectivity index (χ0v) is 14.8. The second kappa shape index (κ2) is 5.96. The number of rotatable bonds is 3. The first-order valence-corrected chi connectivity index (χ1v) is 8.92. The van der Waals surface area contributed by atoms with E-state index in [4.69, 9.17) is 14.2 Å². The number of hydrogen-bond acceptors (Lipinski definition) is 4. The molecule has 0 amide bonds. The van der Waals surface area contributed by atoms with Crippen LogP contribution in [0.25, 0.3) is 0 Å². The number of ketones is 1. The summed E-state index contributed by atoms with van der Waals surface area (Å²) < 4.78 is 18.0. The summed E-state index contributed by atoms with van der Waals surface area (Å²) in [7, 11) is 1.62. The van der Waals surface area contributed by atoms with Crippen molar-refractivity contribution in [2.75, 3.05) is 7.11 Å². The molecule has 3 aromatic carbocycles. The number of carbonyl (C=O) groups excluding carboxylic acids is 1. The van der Waals surface area contributed by atoms with E-state index in [0.717, 1.165) is 11.1 Å². The molecule has 5 rings (SSSR count). The largest absolute Gasteiger partial charge is 0.496 e. The molecule has 0 N–H and O–H groups in total. The number of Topliss-reactive ketones (excluding diaryl/α,β-unsaturated/α-hetero) is 1. The highest BCUT2D eigenvalue weighted by Crippen LogP contribution is 2.63. The monoisotopic (exact) mass is 358 g/mol. The van der Waals surface area contributed by atoms with Crippen molar-refractivity contribution in [1.82, 2.24) is 0 Å². The fourth-order valence-electron chi connectivity index (χ4n) is 3.95. The highest BCUT2D eigenvalue weighted by atomic mass is 16.6. The Bertz CT molecular complexity index is 1010. The molecule has 4 nitrogen and oxygen atoms in total. The van der Waals surface area contributed by atoms with Crippen LogP contribution in [-0.2, 0) is 4.74 Å². The topological polar surface area (TPSA) is 48.1 Å². The van der Waals surface area contributed by atoms with Gasteiger partial charge in [0.2, 0.25) is 11.4 Å². The first-order chi connectivity index (χ1) is 13.3. The second-order valence-corrected chi connectivity index (χ2v) is 6.77. The Morgan fingerprint density at radius 1 is 0.852 bits per heavy atom. The molecule has 27 heavy (non-hydrogen) atoms. The predicted octanol–water partition coefficient (Wildman–Crippen LogP) is 4.52. The smallest absolute Gasteiger partial charge is 0.205 e. The van der Waals surface area contributed by atoms with Crippen molar-refractivity contribution in [2.45, 2.75) is 17.8 Å². The molecule has 2 heterocycles. The minimum atomic E-state index is -1.08. The third kappa shape index (κ3) is 2.30. The number of fused-ring (bicyclic) bond motifs is 1. The summed E-state index contributed by atoms with van der Waals surface area (Å²) in [5.41, 5.74) is 1.25. The number of benzene rings is 3. The van der Waals surface area contributed by atoms with Gasteiger partial charge in [-0.15, -0.1) is 0 Å². The van der Waals surface area contributed by atoms with Gasteiger partial charge in [0.25, 0.3) is 0 Å². The molecule has 3 aromatic rings. The van der Waals surface area contributed by atoms with Crippen LogP contribution >= 0.6 is 0 Å². The Balaban J connectivity index is 1.66. The van der Waals surface area contributed by atoms with Crippen LogP contribution in [0.3, 0.4) is 0 Å². The molecule has 1 fully saturated rings. The minimum Gasteiger partial charge on any atom is -0.496 e. The lowest BCUT2D eigenvalue weighted by Gasteiger charge is -2.31. The second-order valence-electron chi connectivity index (χ2n) is 6.77. The Labute approximate surface area is 157 Å². The van der Waals surface area contributed by atoms with Gasteiger partial charge < -0.3 is 14.2 Å². The summed E-state index contributed by atoms with van der Waals surface area (Å²) in [6.07, 6.45) is -0.935. The van der Waals surface area contributed by atoms with Crippen LogP contribution in [-0.4, -0.2) is 18.5 Å². The van der Waals surface area contributed by atoms with E-state index in [1.807, 2.05) is 72.8 Å². The minimum absolute atomic E-state index is 0.0471. The fraction of sp³-hybridized carbons (Fsp3) is 0.174. The number of methoxy groups -OCH3 is 1. The van der Waals surface area contributed by atoms with Gasteiger partial charge in [-0.05, 0) is 23.8 Å². The molecule has 0 radical (unpaired) electrons. The standard InChI is InChI=1S/C23H18O4/c1-25-18-13-7-6-12-17(18)22-23(27-22)20(24)16-11-5-8-14-19(16)26-21(23)15-9-3-2-4-10-15/h2-14,21-22H,1H3/t21-,22?,23-/m1/s1. The summed E-state index contributed by atoms with van der Waals surface area (Å²) >= 11 is 0. The van der Waals surface area contributed by atoms with Gasteiger partial charge in [-0.25, -0.2) is 0 Å². The molecule has 2 aliphatic heterocycles. The van der Waals surface area contributed by atoms with Crippen LogP contribution in [0.2, 0.25) is 0 Å².